The Kier molecular flexibility index (Phi) is 6.13. The molecule has 7 nitrogen and oxygen atoms in total. The van der Waals surface area contributed by atoms with Crippen molar-refractivity contribution in [3.05, 3.63) is 48.4 Å². The molecule has 1 aromatic heterocycles. The van der Waals surface area contributed by atoms with Crippen LogP contribution in [0.15, 0.2) is 47.1 Å². The monoisotopic (exact) mass is 383 g/mol. The van der Waals surface area contributed by atoms with Gasteiger partial charge in [-0.05, 0) is 49.2 Å². The molecule has 7 heteroatoms. The molecule has 0 bridgehead atoms. The van der Waals surface area contributed by atoms with Gasteiger partial charge in [-0.25, -0.2) is 0 Å². The Morgan fingerprint density at radius 1 is 1.00 bits per heavy atom. The molecule has 2 heterocycles. The van der Waals surface area contributed by atoms with Gasteiger partial charge in [0.1, 0.15) is 0 Å². The van der Waals surface area contributed by atoms with E-state index < -0.39 is 0 Å². The smallest absolute Gasteiger partial charge is 0.289 e. The summed E-state index contributed by atoms with van der Waals surface area (Å²) >= 11 is 0. The van der Waals surface area contributed by atoms with E-state index in [1.165, 1.54) is 6.26 Å². The lowest BCUT2D eigenvalue weighted by Gasteiger charge is -2.30. The molecule has 3 rings (SSSR count). The Labute approximate surface area is 164 Å². The highest BCUT2D eigenvalue weighted by molar-refractivity contribution is 5.95. The highest BCUT2D eigenvalue weighted by Gasteiger charge is 2.28. The summed E-state index contributed by atoms with van der Waals surface area (Å²) in [4.78, 5) is 38.2. The number of rotatable bonds is 5. The fourth-order valence-electron chi connectivity index (χ4n) is 3.07. The van der Waals surface area contributed by atoms with E-state index in [1.807, 2.05) is 13.8 Å². The van der Waals surface area contributed by atoms with Gasteiger partial charge in [0.15, 0.2) is 5.76 Å². The number of furan rings is 1. The molecule has 0 atom stereocenters. The lowest BCUT2D eigenvalue weighted by Crippen LogP contribution is -2.41. The molecule has 1 fully saturated rings. The van der Waals surface area contributed by atoms with Crippen molar-refractivity contribution in [2.75, 3.05) is 23.7 Å². The summed E-state index contributed by atoms with van der Waals surface area (Å²) < 4.78 is 5.15. The highest BCUT2D eigenvalue weighted by Crippen LogP contribution is 2.22. The second-order valence-corrected chi connectivity index (χ2v) is 7.25. The number of nitrogens with one attached hydrogen (secondary N) is 2. The molecule has 0 aliphatic carbocycles. The number of hydrogen-bond donors (Lipinski definition) is 2. The quantitative estimate of drug-likeness (QED) is 0.828. The third-order valence-corrected chi connectivity index (χ3v) is 4.83. The van der Waals surface area contributed by atoms with Gasteiger partial charge >= 0.3 is 0 Å². The maximum absolute atomic E-state index is 12.5. The first-order valence-electron chi connectivity index (χ1n) is 9.48. The summed E-state index contributed by atoms with van der Waals surface area (Å²) in [7, 11) is 0. The van der Waals surface area contributed by atoms with Crippen LogP contribution >= 0.6 is 0 Å². The maximum Gasteiger partial charge on any atom is 0.289 e. The Hall–Kier alpha value is -3.09. The average Bonchev–Trinajstić information content (AvgIpc) is 3.23. The van der Waals surface area contributed by atoms with Crippen molar-refractivity contribution in [1.82, 2.24) is 4.90 Å². The van der Waals surface area contributed by atoms with E-state index in [4.69, 9.17) is 4.42 Å². The first-order valence-corrected chi connectivity index (χ1v) is 9.48. The second-order valence-electron chi connectivity index (χ2n) is 7.25. The van der Waals surface area contributed by atoms with Gasteiger partial charge in [0, 0.05) is 36.3 Å². The number of anilines is 2. The fourth-order valence-corrected chi connectivity index (χ4v) is 3.07. The summed E-state index contributed by atoms with van der Waals surface area (Å²) in [5.41, 5.74) is 1.38. The van der Waals surface area contributed by atoms with E-state index in [1.54, 1.807) is 41.3 Å². The van der Waals surface area contributed by atoms with Gasteiger partial charge in [-0.15, -0.1) is 0 Å². The molecule has 0 radical (unpaired) electrons. The van der Waals surface area contributed by atoms with Crippen LogP contribution in [0.2, 0.25) is 0 Å². The number of benzene rings is 1. The van der Waals surface area contributed by atoms with Crippen LogP contribution in [0.1, 0.15) is 37.2 Å². The third-order valence-electron chi connectivity index (χ3n) is 4.83. The van der Waals surface area contributed by atoms with Crippen molar-refractivity contribution in [2.24, 2.45) is 11.8 Å². The third kappa shape index (κ3) is 4.79. The molecule has 0 spiro atoms. The highest BCUT2D eigenvalue weighted by atomic mass is 16.3. The molecule has 0 saturated carbocycles. The minimum absolute atomic E-state index is 0.0485. The fraction of sp³-hybridized carbons (Fsp3) is 0.381. The summed E-state index contributed by atoms with van der Waals surface area (Å²) in [6, 6.07) is 10.4. The molecule has 1 aliphatic rings. The number of hydrogen-bond acceptors (Lipinski definition) is 4. The topological polar surface area (TPSA) is 91.7 Å². The van der Waals surface area contributed by atoms with Crippen molar-refractivity contribution in [1.29, 1.82) is 0 Å². The predicted octanol–water partition coefficient (Wildman–Crippen LogP) is 3.37. The second kappa shape index (κ2) is 8.73. The van der Waals surface area contributed by atoms with Crippen LogP contribution < -0.4 is 10.6 Å². The minimum atomic E-state index is -0.138. The van der Waals surface area contributed by atoms with Gasteiger partial charge in [-0.3, -0.25) is 14.4 Å². The number of carbonyl (C=O) groups is 3. The first kappa shape index (κ1) is 19.7. The van der Waals surface area contributed by atoms with E-state index in [2.05, 4.69) is 10.6 Å². The molecular formula is C21H25N3O4. The molecule has 0 unspecified atom stereocenters. The number of carbonyl (C=O) groups excluding carboxylic acids is 3. The van der Waals surface area contributed by atoms with Crippen LogP contribution in [-0.2, 0) is 9.59 Å². The van der Waals surface area contributed by atoms with Crippen LogP contribution in [-0.4, -0.2) is 35.7 Å². The largest absolute Gasteiger partial charge is 0.459 e. The molecule has 148 valence electrons. The van der Waals surface area contributed by atoms with Crippen molar-refractivity contribution >= 4 is 29.1 Å². The summed E-state index contributed by atoms with van der Waals surface area (Å²) in [6.45, 7) is 4.71. The summed E-state index contributed by atoms with van der Waals surface area (Å²) in [5.74, 6) is -0.141. The zero-order valence-corrected chi connectivity index (χ0v) is 16.1. The standard InChI is InChI=1S/C21H25N3O4/c1-14(2)19(25)22-16-5-7-17(8-6-16)23-20(26)15-9-11-24(12-10-15)21(27)18-4-3-13-28-18/h3-8,13-15H,9-12H2,1-2H3,(H,22,25)(H,23,26). The SMILES string of the molecule is CC(C)C(=O)Nc1ccc(NC(=O)C2CCN(C(=O)c3ccco3)CC2)cc1. The number of piperidine rings is 1. The van der Waals surface area contributed by atoms with E-state index in [-0.39, 0.29) is 29.6 Å². The van der Waals surface area contributed by atoms with Crippen molar-refractivity contribution in [3.63, 3.8) is 0 Å². The van der Waals surface area contributed by atoms with E-state index in [0.29, 0.717) is 43.1 Å². The molecule has 1 aliphatic heterocycles. The molecule has 1 saturated heterocycles. The average molecular weight is 383 g/mol. The summed E-state index contributed by atoms with van der Waals surface area (Å²) in [6.07, 6.45) is 2.70. The Morgan fingerprint density at radius 3 is 2.14 bits per heavy atom. The Balaban J connectivity index is 1.49. The van der Waals surface area contributed by atoms with Crippen molar-refractivity contribution in [2.45, 2.75) is 26.7 Å². The first-order chi connectivity index (χ1) is 13.4. The van der Waals surface area contributed by atoms with Gasteiger partial charge in [0.2, 0.25) is 11.8 Å². The molecule has 2 N–H and O–H groups in total. The predicted molar refractivity (Wildman–Crippen MR) is 106 cm³/mol. The number of nitrogens with zero attached hydrogens (tertiary/aromatic N) is 1. The Bertz CT molecular complexity index is 820. The zero-order chi connectivity index (χ0) is 20.1. The van der Waals surface area contributed by atoms with Crippen LogP contribution in [0.3, 0.4) is 0 Å². The van der Waals surface area contributed by atoms with Gasteiger partial charge in [0.05, 0.1) is 6.26 Å². The van der Waals surface area contributed by atoms with E-state index in [9.17, 15) is 14.4 Å². The van der Waals surface area contributed by atoms with Crippen molar-refractivity contribution in [3.8, 4) is 0 Å². The van der Waals surface area contributed by atoms with Gasteiger partial charge in [-0.1, -0.05) is 13.8 Å². The van der Waals surface area contributed by atoms with Crippen LogP contribution in [0.25, 0.3) is 0 Å². The van der Waals surface area contributed by atoms with Gasteiger partial charge < -0.3 is 20.0 Å². The molecule has 3 amide bonds. The van der Waals surface area contributed by atoms with E-state index >= 15 is 0 Å². The molecule has 28 heavy (non-hydrogen) atoms. The maximum atomic E-state index is 12.5. The van der Waals surface area contributed by atoms with Gasteiger partial charge in [0.25, 0.3) is 5.91 Å². The number of amides is 3. The van der Waals surface area contributed by atoms with Crippen LogP contribution in [0.5, 0.6) is 0 Å². The van der Waals surface area contributed by atoms with Crippen LogP contribution in [0.4, 0.5) is 11.4 Å². The molecule has 2 aromatic rings. The molecular weight excluding hydrogens is 358 g/mol. The lowest BCUT2D eigenvalue weighted by atomic mass is 9.95. The van der Waals surface area contributed by atoms with Crippen molar-refractivity contribution < 1.29 is 18.8 Å². The normalized spacial score (nSPS) is 14.8. The summed E-state index contributed by atoms with van der Waals surface area (Å²) in [5, 5.41) is 5.73. The minimum Gasteiger partial charge on any atom is -0.459 e. The Morgan fingerprint density at radius 2 is 1.61 bits per heavy atom. The number of likely N-dealkylation sites (tertiary alicyclic amines) is 1. The van der Waals surface area contributed by atoms with Gasteiger partial charge in [-0.2, -0.15) is 0 Å². The zero-order valence-electron chi connectivity index (χ0n) is 16.1. The molecule has 1 aromatic carbocycles. The van der Waals surface area contributed by atoms with E-state index in [0.717, 1.165) is 0 Å². The lowest BCUT2D eigenvalue weighted by molar-refractivity contribution is -0.121. The van der Waals surface area contributed by atoms with Crippen LogP contribution in [0, 0.1) is 11.8 Å².